The molecule has 0 saturated heterocycles. The molecule has 3 aromatic carbocycles. The third kappa shape index (κ3) is 4.07. The second-order valence-corrected chi connectivity index (χ2v) is 9.37. The fourth-order valence-corrected chi connectivity index (χ4v) is 5.02. The van der Waals surface area contributed by atoms with Crippen LogP contribution in [0.3, 0.4) is 0 Å². The summed E-state index contributed by atoms with van der Waals surface area (Å²) in [6.07, 6.45) is 1.98. The Balaban J connectivity index is 1.54. The number of carbonyl (C=O) groups excluding carboxylic acids is 1. The van der Waals surface area contributed by atoms with Crippen molar-refractivity contribution in [2.24, 2.45) is 0 Å². The van der Waals surface area contributed by atoms with Crippen molar-refractivity contribution in [2.75, 3.05) is 5.32 Å². The van der Waals surface area contributed by atoms with Gasteiger partial charge < -0.3 is 14.8 Å². The van der Waals surface area contributed by atoms with Gasteiger partial charge in [0.1, 0.15) is 11.6 Å². The number of nitrogens with one attached hydrogen (secondary N) is 1. The largest absolute Gasteiger partial charge is 0.323 e. The van der Waals surface area contributed by atoms with Crippen molar-refractivity contribution < 1.29 is 9.18 Å². The minimum absolute atomic E-state index is 0.124. The number of nitrogens with zero attached hydrogens (tertiary/aromatic N) is 4. The number of fused-ring (bicyclic) bond motifs is 3. The highest BCUT2D eigenvalue weighted by Crippen LogP contribution is 2.39. The Morgan fingerprint density at radius 2 is 1.70 bits per heavy atom. The van der Waals surface area contributed by atoms with E-state index >= 15 is 0 Å². The molecule has 0 unspecified atom stereocenters. The molecule has 184 valence electrons. The first-order valence-corrected chi connectivity index (χ1v) is 12.3. The van der Waals surface area contributed by atoms with Crippen LogP contribution in [0.2, 0.25) is 5.02 Å². The number of hydrogen-bond donors (Lipinski definition) is 1. The van der Waals surface area contributed by atoms with Gasteiger partial charge in [0, 0.05) is 16.8 Å². The van der Waals surface area contributed by atoms with Crippen LogP contribution in [0.5, 0.6) is 0 Å². The van der Waals surface area contributed by atoms with Crippen molar-refractivity contribution in [3.8, 4) is 11.5 Å². The fourth-order valence-electron chi connectivity index (χ4n) is 4.89. The SMILES string of the molecule is Cc1nn(-c2ccccc2)c2c1CN(C(=O)Nc1ccccc1F)[C@H](c1ccc(Cl)cc1)c1cccn1-2. The average molecular weight is 512 g/mol. The molecule has 2 amide bonds. The second-order valence-electron chi connectivity index (χ2n) is 8.93. The lowest BCUT2D eigenvalue weighted by Crippen LogP contribution is -2.38. The van der Waals surface area contributed by atoms with Gasteiger partial charge in [0.15, 0.2) is 0 Å². The van der Waals surface area contributed by atoms with Crippen molar-refractivity contribution >= 4 is 23.3 Å². The summed E-state index contributed by atoms with van der Waals surface area (Å²) in [6.45, 7) is 2.21. The monoisotopic (exact) mass is 511 g/mol. The molecule has 37 heavy (non-hydrogen) atoms. The molecule has 1 aliphatic heterocycles. The number of carbonyl (C=O) groups is 1. The number of aromatic nitrogens is 3. The Labute approximate surface area is 218 Å². The number of halogens is 2. The Bertz CT molecular complexity index is 1590. The molecule has 0 spiro atoms. The van der Waals surface area contributed by atoms with Crippen LogP contribution < -0.4 is 5.32 Å². The van der Waals surface area contributed by atoms with E-state index in [1.807, 2.05) is 84.5 Å². The summed E-state index contributed by atoms with van der Waals surface area (Å²) in [5.74, 6) is 0.370. The molecule has 6 nitrogen and oxygen atoms in total. The molecule has 0 bridgehead atoms. The van der Waals surface area contributed by atoms with Crippen molar-refractivity contribution in [1.29, 1.82) is 0 Å². The molecule has 0 fully saturated rings. The van der Waals surface area contributed by atoms with E-state index in [-0.39, 0.29) is 12.2 Å². The molecule has 6 rings (SSSR count). The van der Waals surface area contributed by atoms with Crippen LogP contribution in [0.15, 0.2) is 97.2 Å². The predicted molar refractivity (Wildman–Crippen MR) is 142 cm³/mol. The number of hydrogen-bond acceptors (Lipinski definition) is 2. The van der Waals surface area contributed by atoms with Crippen LogP contribution in [-0.4, -0.2) is 25.3 Å². The molecular weight excluding hydrogens is 489 g/mol. The molecule has 1 atom stereocenters. The maximum atomic E-state index is 14.5. The lowest BCUT2D eigenvalue weighted by molar-refractivity contribution is 0.194. The van der Waals surface area contributed by atoms with Gasteiger partial charge in [0.25, 0.3) is 0 Å². The van der Waals surface area contributed by atoms with E-state index < -0.39 is 17.9 Å². The van der Waals surface area contributed by atoms with E-state index in [1.165, 1.54) is 6.07 Å². The lowest BCUT2D eigenvalue weighted by atomic mass is 10.0. The van der Waals surface area contributed by atoms with Gasteiger partial charge in [-0.25, -0.2) is 13.9 Å². The highest BCUT2D eigenvalue weighted by Gasteiger charge is 2.36. The van der Waals surface area contributed by atoms with E-state index in [4.69, 9.17) is 16.7 Å². The van der Waals surface area contributed by atoms with Crippen molar-refractivity contribution in [1.82, 2.24) is 19.2 Å². The van der Waals surface area contributed by atoms with Crippen LogP contribution in [0.1, 0.15) is 28.6 Å². The third-order valence-electron chi connectivity index (χ3n) is 6.65. The number of amides is 2. The standard InChI is InChI=1S/C29H23ClFN5O/c1-19-23-18-35(29(37)32-25-11-6-5-10-24(25)31)27(20-13-15-21(30)16-14-20)26-12-7-17-34(26)28(23)36(33-19)22-8-3-2-4-9-22/h2-17,27H,18H2,1H3,(H,32,37)/t27-/m1/s1. The topological polar surface area (TPSA) is 55.1 Å². The highest BCUT2D eigenvalue weighted by molar-refractivity contribution is 6.30. The summed E-state index contributed by atoms with van der Waals surface area (Å²) < 4.78 is 18.5. The summed E-state index contributed by atoms with van der Waals surface area (Å²) in [6, 6.07) is 26.6. The molecule has 2 aromatic heterocycles. The third-order valence-corrected chi connectivity index (χ3v) is 6.90. The molecule has 1 N–H and O–H groups in total. The van der Waals surface area contributed by atoms with Gasteiger partial charge in [-0.3, -0.25) is 0 Å². The minimum Gasteiger partial charge on any atom is -0.307 e. The second kappa shape index (κ2) is 9.26. The normalized spacial score (nSPS) is 14.6. The number of aryl methyl sites for hydroxylation is 1. The minimum atomic E-state index is -0.495. The van der Waals surface area contributed by atoms with Crippen LogP contribution in [0.25, 0.3) is 11.5 Å². The average Bonchev–Trinajstić information content (AvgIpc) is 3.47. The van der Waals surface area contributed by atoms with Crippen LogP contribution in [-0.2, 0) is 6.54 Å². The van der Waals surface area contributed by atoms with Crippen LogP contribution in [0.4, 0.5) is 14.9 Å². The number of rotatable bonds is 3. The van der Waals surface area contributed by atoms with Gasteiger partial charge in [-0.05, 0) is 61.0 Å². The predicted octanol–water partition coefficient (Wildman–Crippen LogP) is 6.90. The molecular formula is C29H23ClFN5O. The molecule has 3 heterocycles. The van der Waals surface area contributed by atoms with Crippen LogP contribution >= 0.6 is 11.6 Å². The van der Waals surface area contributed by atoms with Crippen LogP contribution in [0, 0.1) is 12.7 Å². The molecule has 0 aliphatic carbocycles. The summed E-state index contributed by atoms with van der Waals surface area (Å²) in [5.41, 5.74) is 4.51. The summed E-state index contributed by atoms with van der Waals surface area (Å²) in [4.78, 5) is 15.6. The first kappa shape index (κ1) is 23.1. The smallest absolute Gasteiger partial charge is 0.307 e. The molecule has 1 aliphatic rings. The number of anilines is 1. The lowest BCUT2D eigenvalue weighted by Gasteiger charge is -2.31. The number of urea groups is 1. The maximum absolute atomic E-state index is 14.5. The van der Waals surface area contributed by atoms with E-state index in [1.54, 1.807) is 23.1 Å². The fraction of sp³-hybridized carbons (Fsp3) is 0.103. The Hall–Kier alpha value is -4.36. The van der Waals surface area contributed by atoms with Gasteiger partial charge in [-0.2, -0.15) is 5.10 Å². The summed E-state index contributed by atoms with van der Waals surface area (Å²) >= 11 is 6.20. The van der Waals surface area contributed by atoms with Crippen molar-refractivity contribution in [3.63, 3.8) is 0 Å². The molecule has 0 saturated carbocycles. The van der Waals surface area contributed by atoms with E-state index in [0.29, 0.717) is 5.02 Å². The first-order chi connectivity index (χ1) is 18.0. The van der Waals surface area contributed by atoms with Gasteiger partial charge in [0.2, 0.25) is 0 Å². The number of benzene rings is 3. The molecule has 0 radical (unpaired) electrons. The van der Waals surface area contributed by atoms with E-state index in [9.17, 15) is 9.18 Å². The zero-order chi connectivity index (χ0) is 25.5. The van der Waals surface area contributed by atoms with E-state index in [2.05, 4.69) is 9.88 Å². The highest BCUT2D eigenvalue weighted by atomic mass is 35.5. The van der Waals surface area contributed by atoms with Gasteiger partial charge in [-0.1, -0.05) is 54.1 Å². The molecule has 5 aromatic rings. The molecule has 8 heteroatoms. The Kier molecular flexibility index (Phi) is 5.77. The van der Waals surface area contributed by atoms with Gasteiger partial charge in [-0.15, -0.1) is 0 Å². The van der Waals surface area contributed by atoms with E-state index in [0.717, 1.165) is 34.0 Å². The zero-order valence-corrected chi connectivity index (χ0v) is 20.7. The Morgan fingerprint density at radius 1 is 0.973 bits per heavy atom. The Morgan fingerprint density at radius 3 is 2.46 bits per heavy atom. The first-order valence-electron chi connectivity index (χ1n) is 11.9. The van der Waals surface area contributed by atoms with Crippen molar-refractivity contribution in [3.05, 3.63) is 131 Å². The zero-order valence-electron chi connectivity index (χ0n) is 20.0. The summed E-state index contributed by atoms with van der Waals surface area (Å²) in [5, 5.41) is 8.23. The van der Waals surface area contributed by atoms with Gasteiger partial charge in [0.05, 0.1) is 35.3 Å². The summed E-state index contributed by atoms with van der Waals surface area (Å²) in [7, 11) is 0. The quantitative estimate of drug-likeness (QED) is 0.286. The number of para-hydroxylation sites is 2. The maximum Gasteiger partial charge on any atom is 0.323 e. The van der Waals surface area contributed by atoms with Gasteiger partial charge >= 0.3 is 6.03 Å². The van der Waals surface area contributed by atoms with Crippen molar-refractivity contribution in [2.45, 2.75) is 19.5 Å².